The summed E-state index contributed by atoms with van der Waals surface area (Å²) in [5.74, 6) is 1.51. The lowest BCUT2D eigenvalue weighted by atomic mass is 10.2. The van der Waals surface area contributed by atoms with Gasteiger partial charge in [-0.05, 0) is 39.2 Å². The number of ether oxygens (including phenoxy) is 2. The highest BCUT2D eigenvalue weighted by Gasteiger charge is 2.22. The fourth-order valence-corrected chi connectivity index (χ4v) is 3.70. The van der Waals surface area contributed by atoms with Crippen molar-refractivity contribution >= 4 is 30.2 Å². The molecule has 0 spiro atoms. The standard InChI is InChI=1S/C13H24IO5P/c1-3-17-20(15,18-4-2)10-8-12(11-14)19-13-7-5-6-9-16-13/h8,10,12-13H,3-7,9,11H2,1-2H3/t12-,13+/m0/s1. The first kappa shape index (κ1) is 18.6. The van der Waals surface area contributed by atoms with Crippen LogP contribution in [-0.2, 0) is 23.1 Å². The Morgan fingerprint density at radius 2 is 2.05 bits per heavy atom. The topological polar surface area (TPSA) is 54.0 Å². The minimum Gasteiger partial charge on any atom is -0.353 e. The van der Waals surface area contributed by atoms with Crippen LogP contribution in [0.5, 0.6) is 0 Å². The van der Waals surface area contributed by atoms with E-state index in [9.17, 15) is 4.57 Å². The van der Waals surface area contributed by atoms with Crippen LogP contribution in [0.1, 0.15) is 33.1 Å². The summed E-state index contributed by atoms with van der Waals surface area (Å²) < 4.78 is 34.9. The van der Waals surface area contributed by atoms with Crippen LogP contribution in [-0.4, -0.2) is 36.6 Å². The molecule has 1 aliphatic rings. The maximum Gasteiger partial charge on any atom is 0.353 e. The average Bonchev–Trinajstić information content (AvgIpc) is 2.45. The number of rotatable bonds is 9. The number of hydrogen-bond donors (Lipinski definition) is 0. The van der Waals surface area contributed by atoms with Gasteiger partial charge in [-0.1, -0.05) is 22.6 Å². The van der Waals surface area contributed by atoms with Gasteiger partial charge < -0.3 is 18.5 Å². The van der Waals surface area contributed by atoms with E-state index in [1.807, 2.05) is 0 Å². The normalized spacial score (nSPS) is 22.2. The van der Waals surface area contributed by atoms with Crippen LogP contribution < -0.4 is 0 Å². The van der Waals surface area contributed by atoms with E-state index in [-0.39, 0.29) is 12.4 Å². The van der Waals surface area contributed by atoms with E-state index in [1.54, 1.807) is 19.9 Å². The highest BCUT2D eigenvalue weighted by molar-refractivity contribution is 14.1. The molecule has 0 bridgehead atoms. The van der Waals surface area contributed by atoms with Crippen LogP contribution in [0.2, 0.25) is 0 Å². The van der Waals surface area contributed by atoms with Crippen LogP contribution in [0.3, 0.4) is 0 Å². The second-order valence-corrected chi connectivity index (χ2v) is 7.12. The van der Waals surface area contributed by atoms with Crippen LogP contribution in [0.25, 0.3) is 0 Å². The van der Waals surface area contributed by atoms with E-state index in [1.165, 1.54) is 5.82 Å². The van der Waals surface area contributed by atoms with Crippen molar-refractivity contribution in [3.63, 3.8) is 0 Å². The maximum atomic E-state index is 12.3. The highest BCUT2D eigenvalue weighted by atomic mass is 127. The lowest BCUT2D eigenvalue weighted by Crippen LogP contribution is -2.27. The zero-order valence-corrected chi connectivity index (χ0v) is 15.2. The number of alkyl halides is 1. The summed E-state index contributed by atoms with van der Waals surface area (Å²) >= 11 is 2.24. The van der Waals surface area contributed by atoms with Gasteiger partial charge in [0.05, 0.1) is 19.3 Å². The molecule has 1 heterocycles. The Morgan fingerprint density at radius 3 is 2.55 bits per heavy atom. The molecule has 0 amide bonds. The molecule has 0 aliphatic carbocycles. The van der Waals surface area contributed by atoms with Crippen molar-refractivity contribution in [1.82, 2.24) is 0 Å². The molecule has 0 aromatic rings. The summed E-state index contributed by atoms with van der Waals surface area (Å²) in [6.07, 6.45) is 4.58. The van der Waals surface area contributed by atoms with Crippen molar-refractivity contribution in [2.24, 2.45) is 0 Å². The largest absolute Gasteiger partial charge is 0.353 e. The minimum atomic E-state index is -3.14. The van der Waals surface area contributed by atoms with Gasteiger partial charge in [0, 0.05) is 16.9 Å². The van der Waals surface area contributed by atoms with Crippen LogP contribution in [0.15, 0.2) is 11.9 Å². The third-order valence-corrected chi connectivity index (χ3v) is 5.36. The SMILES string of the molecule is CCOP(=O)(C=C[C@@H](CI)O[C@@H]1CCCCO1)OCC. The molecule has 20 heavy (non-hydrogen) atoms. The van der Waals surface area contributed by atoms with Crippen LogP contribution in [0, 0.1) is 0 Å². The molecule has 0 aromatic heterocycles. The summed E-state index contributed by atoms with van der Waals surface area (Å²) in [7, 11) is -3.14. The minimum absolute atomic E-state index is 0.145. The maximum absolute atomic E-state index is 12.3. The fourth-order valence-electron chi connectivity index (χ4n) is 1.83. The monoisotopic (exact) mass is 418 g/mol. The lowest BCUT2D eigenvalue weighted by Gasteiger charge is -2.25. The quantitative estimate of drug-likeness (QED) is 0.321. The zero-order valence-electron chi connectivity index (χ0n) is 12.1. The van der Waals surface area contributed by atoms with Crippen molar-refractivity contribution in [3.8, 4) is 0 Å². The fraction of sp³-hybridized carbons (Fsp3) is 0.846. The molecule has 0 aromatic carbocycles. The van der Waals surface area contributed by atoms with E-state index in [2.05, 4.69) is 22.6 Å². The van der Waals surface area contributed by atoms with E-state index >= 15 is 0 Å². The Labute approximate surface area is 135 Å². The second-order valence-electron chi connectivity index (χ2n) is 4.34. The van der Waals surface area contributed by atoms with Gasteiger partial charge in [0.1, 0.15) is 0 Å². The van der Waals surface area contributed by atoms with Gasteiger partial charge in [0.2, 0.25) is 0 Å². The molecule has 7 heteroatoms. The molecule has 0 saturated carbocycles. The molecular formula is C13H24IO5P. The molecule has 0 N–H and O–H groups in total. The van der Waals surface area contributed by atoms with Crippen molar-refractivity contribution in [3.05, 3.63) is 11.9 Å². The zero-order chi connectivity index (χ0) is 14.8. The average molecular weight is 418 g/mol. The molecule has 5 nitrogen and oxygen atoms in total. The van der Waals surface area contributed by atoms with Gasteiger partial charge in [-0.3, -0.25) is 4.57 Å². The number of hydrogen-bond acceptors (Lipinski definition) is 5. The smallest absolute Gasteiger partial charge is 0.353 e. The van der Waals surface area contributed by atoms with Gasteiger partial charge >= 0.3 is 7.60 Å². The molecule has 1 saturated heterocycles. The summed E-state index contributed by atoms with van der Waals surface area (Å²) in [6.45, 7) is 5.04. The molecular weight excluding hydrogens is 394 g/mol. The van der Waals surface area contributed by atoms with Crippen molar-refractivity contribution in [2.75, 3.05) is 24.2 Å². The second kappa shape index (κ2) is 10.3. The van der Waals surface area contributed by atoms with E-state index in [4.69, 9.17) is 18.5 Å². The van der Waals surface area contributed by atoms with Gasteiger partial charge in [-0.25, -0.2) is 0 Å². The van der Waals surface area contributed by atoms with Crippen molar-refractivity contribution in [1.29, 1.82) is 0 Å². The molecule has 1 fully saturated rings. The van der Waals surface area contributed by atoms with Gasteiger partial charge in [0.25, 0.3) is 0 Å². The van der Waals surface area contributed by atoms with Gasteiger partial charge in [-0.15, -0.1) is 0 Å². The molecule has 1 aliphatic heterocycles. The third-order valence-electron chi connectivity index (χ3n) is 2.72. The van der Waals surface area contributed by atoms with Crippen LogP contribution >= 0.6 is 30.2 Å². The summed E-state index contributed by atoms with van der Waals surface area (Å²) in [6, 6.07) is 0. The van der Waals surface area contributed by atoms with Crippen molar-refractivity contribution in [2.45, 2.75) is 45.5 Å². The lowest BCUT2D eigenvalue weighted by molar-refractivity contribution is -0.173. The highest BCUT2D eigenvalue weighted by Crippen LogP contribution is 2.49. The Kier molecular flexibility index (Phi) is 9.57. The van der Waals surface area contributed by atoms with Gasteiger partial charge in [-0.2, -0.15) is 0 Å². The van der Waals surface area contributed by atoms with E-state index in [0.29, 0.717) is 13.2 Å². The van der Waals surface area contributed by atoms with Gasteiger partial charge in [0.15, 0.2) is 6.29 Å². The predicted octanol–water partition coefficient (Wildman–Crippen LogP) is 4.11. The summed E-state index contributed by atoms with van der Waals surface area (Å²) in [5, 5.41) is 0. The van der Waals surface area contributed by atoms with E-state index < -0.39 is 7.60 Å². The molecule has 1 rings (SSSR count). The van der Waals surface area contributed by atoms with Crippen LogP contribution in [0.4, 0.5) is 0 Å². The third kappa shape index (κ3) is 7.00. The predicted molar refractivity (Wildman–Crippen MR) is 87.3 cm³/mol. The van der Waals surface area contributed by atoms with E-state index in [0.717, 1.165) is 30.3 Å². The number of halogens is 1. The first-order valence-electron chi connectivity index (χ1n) is 7.04. The Bertz CT molecular complexity index is 321. The summed E-state index contributed by atoms with van der Waals surface area (Å²) in [5.41, 5.74) is 0. The Hall–Kier alpha value is 0.540. The molecule has 118 valence electrons. The molecule has 2 atom stereocenters. The Balaban J connectivity index is 2.55. The molecule has 0 unspecified atom stereocenters. The first-order chi connectivity index (χ1) is 9.63. The molecule has 0 radical (unpaired) electrons. The first-order valence-corrected chi connectivity index (χ1v) is 10.2. The Morgan fingerprint density at radius 1 is 1.35 bits per heavy atom. The summed E-state index contributed by atoms with van der Waals surface area (Å²) in [4.78, 5) is 0. The van der Waals surface area contributed by atoms with Crippen molar-refractivity contribution < 1.29 is 23.1 Å².